The van der Waals surface area contributed by atoms with Crippen LogP contribution in [-0.4, -0.2) is 21.4 Å². The van der Waals surface area contributed by atoms with Gasteiger partial charge in [0.2, 0.25) is 0 Å². The summed E-state index contributed by atoms with van der Waals surface area (Å²) in [6.45, 7) is 17.6. The molecule has 2 N–H and O–H groups in total. The fraction of sp³-hybridized carbons (Fsp3) is 0.619. The molecule has 0 amide bonds. The van der Waals surface area contributed by atoms with Crippen LogP contribution in [0, 0.1) is 11.8 Å². The van der Waals surface area contributed by atoms with E-state index in [1.54, 1.807) is 0 Å². The summed E-state index contributed by atoms with van der Waals surface area (Å²) in [6.07, 6.45) is 18.5. The summed E-state index contributed by atoms with van der Waals surface area (Å²) in [4.78, 5) is 0. The van der Waals surface area contributed by atoms with E-state index in [-0.39, 0.29) is 23.0 Å². The van der Waals surface area contributed by atoms with Crippen LogP contribution in [0.15, 0.2) is 47.6 Å². The van der Waals surface area contributed by atoms with Gasteiger partial charge >= 0.3 is 0 Å². The maximum atomic E-state index is 10.7. The number of aryl methyl sites for hydroxylation is 2. The molecule has 0 radical (unpaired) electrons. The first-order valence-electron chi connectivity index (χ1n) is 18.3. The van der Waals surface area contributed by atoms with Gasteiger partial charge in [0.05, 0.1) is 0 Å². The summed E-state index contributed by atoms with van der Waals surface area (Å²) in [6, 6.07) is 8.26. The highest BCUT2D eigenvalue weighted by Crippen LogP contribution is 2.55. The van der Waals surface area contributed by atoms with Crippen LogP contribution in [0.4, 0.5) is 0 Å². The Bertz CT molecular complexity index is 1330. The number of fused-ring (bicyclic) bond motifs is 6. The SMILES string of the molecule is CCCCCc1cc(O)c2c(c1)OC(C)(C)[C@@H]1CCC(C)=C[C@@H]21.CCCCCc1cc(O)c2c(c1)OC(C)(C)[C@@H]1CCC(C)=C[C@@H]21. The van der Waals surface area contributed by atoms with Crippen LogP contribution < -0.4 is 9.47 Å². The predicted octanol–water partition coefficient (Wildman–Crippen LogP) is 11.5. The molecule has 2 aliphatic heterocycles. The molecule has 4 nitrogen and oxygen atoms in total. The first kappa shape index (κ1) is 34.5. The largest absolute Gasteiger partial charge is 0.507 e. The topological polar surface area (TPSA) is 58.9 Å². The number of hydrogen-bond donors (Lipinski definition) is 2. The van der Waals surface area contributed by atoms with Crippen LogP contribution in [0.3, 0.4) is 0 Å². The second-order valence-corrected chi connectivity index (χ2v) is 15.7. The van der Waals surface area contributed by atoms with Crippen LogP contribution in [0.5, 0.6) is 23.0 Å². The number of hydrogen-bond acceptors (Lipinski definition) is 4. The molecule has 2 aliphatic carbocycles. The van der Waals surface area contributed by atoms with E-state index in [1.165, 1.54) is 60.8 Å². The van der Waals surface area contributed by atoms with Crippen molar-refractivity contribution in [2.75, 3.05) is 0 Å². The van der Waals surface area contributed by atoms with Crippen LogP contribution in [0.25, 0.3) is 0 Å². The van der Waals surface area contributed by atoms with E-state index in [9.17, 15) is 10.2 Å². The third-order valence-corrected chi connectivity index (χ3v) is 11.2. The molecule has 46 heavy (non-hydrogen) atoms. The van der Waals surface area contributed by atoms with Gasteiger partial charge in [0, 0.05) is 34.8 Å². The van der Waals surface area contributed by atoms with Gasteiger partial charge in [-0.25, -0.2) is 0 Å². The van der Waals surface area contributed by atoms with Crippen LogP contribution in [0.1, 0.15) is 154 Å². The summed E-state index contributed by atoms with van der Waals surface area (Å²) in [5, 5.41) is 21.4. The summed E-state index contributed by atoms with van der Waals surface area (Å²) >= 11 is 0. The highest BCUT2D eigenvalue weighted by atomic mass is 16.5. The lowest BCUT2D eigenvalue weighted by Gasteiger charge is -2.46. The molecule has 0 spiro atoms. The summed E-state index contributed by atoms with van der Waals surface area (Å²) in [7, 11) is 0. The first-order chi connectivity index (χ1) is 21.8. The minimum atomic E-state index is -0.177. The van der Waals surface area contributed by atoms with Gasteiger partial charge < -0.3 is 19.7 Å². The number of phenolic OH excluding ortho intramolecular Hbond substituents is 2. The summed E-state index contributed by atoms with van der Waals surface area (Å²) in [5.41, 5.74) is 6.91. The minimum absolute atomic E-state index is 0.177. The van der Waals surface area contributed by atoms with Crippen molar-refractivity contribution in [2.45, 2.75) is 155 Å². The average molecular weight is 629 g/mol. The maximum absolute atomic E-state index is 10.7. The zero-order chi connectivity index (χ0) is 33.2. The van der Waals surface area contributed by atoms with E-state index in [4.69, 9.17) is 9.47 Å². The molecule has 0 bridgehead atoms. The van der Waals surface area contributed by atoms with E-state index in [2.05, 4.69) is 79.7 Å². The van der Waals surface area contributed by atoms with Crippen molar-refractivity contribution >= 4 is 0 Å². The van der Waals surface area contributed by atoms with E-state index >= 15 is 0 Å². The lowest BCUT2D eigenvalue weighted by Crippen LogP contribution is -2.45. The molecule has 0 aromatic heterocycles. The molecule has 4 heteroatoms. The van der Waals surface area contributed by atoms with Crippen molar-refractivity contribution in [1.82, 2.24) is 0 Å². The Morgan fingerprint density at radius 2 is 1.02 bits per heavy atom. The number of phenols is 2. The number of benzene rings is 2. The molecule has 2 aromatic carbocycles. The second kappa shape index (κ2) is 14.1. The molecule has 6 rings (SSSR count). The van der Waals surface area contributed by atoms with Crippen molar-refractivity contribution in [1.29, 1.82) is 0 Å². The maximum Gasteiger partial charge on any atom is 0.127 e. The smallest absolute Gasteiger partial charge is 0.127 e. The van der Waals surface area contributed by atoms with E-state index in [0.29, 0.717) is 23.3 Å². The number of aromatic hydroxyl groups is 2. The molecular formula is C42H60O4. The normalized spacial score (nSPS) is 25.1. The Morgan fingerprint density at radius 1 is 0.630 bits per heavy atom. The third-order valence-electron chi connectivity index (χ3n) is 11.2. The molecule has 0 saturated carbocycles. The highest BCUT2D eigenvalue weighted by Gasteiger charge is 2.46. The van der Waals surface area contributed by atoms with Crippen molar-refractivity contribution in [3.63, 3.8) is 0 Å². The van der Waals surface area contributed by atoms with Crippen LogP contribution in [-0.2, 0) is 12.8 Å². The van der Waals surface area contributed by atoms with Gasteiger partial charge in [0.25, 0.3) is 0 Å². The van der Waals surface area contributed by atoms with Gasteiger partial charge in [0.15, 0.2) is 0 Å². The summed E-state index contributed by atoms with van der Waals surface area (Å²) in [5.74, 6) is 4.09. The molecule has 0 unspecified atom stereocenters. The predicted molar refractivity (Wildman–Crippen MR) is 191 cm³/mol. The fourth-order valence-electron chi connectivity index (χ4n) is 8.61. The molecule has 0 saturated heterocycles. The van der Waals surface area contributed by atoms with Crippen molar-refractivity contribution in [2.24, 2.45) is 11.8 Å². The molecule has 252 valence electrons. The average Bonchev–Trinajstić information content (AvgIpc) is 2.96. The monoisotopic (exact) mass is 628 g/mol. The zero-order valence-electron chi connectivity index (χ0n) is 30.0. The number of allylic oxidation sites excluding steroid dienone is 4. The van der Waals surface area contributed by atoms with Gasteiger partial charge in [-0.1, -0.05) is 62.8 Å². The number of unbranched alkanes of at least 4 members (excludes halogenated alkanes) is 4. The van der Waals surface area contributed by atoms with Crippen molar-refractivity contribution in [3.8, 4) is 23.0 Å². The lowest BCUT2D eigenvalue weighted by atomic mass is 9.68. The van der Waals surface area contributed by atoms with E-state index in [1.807, 2.05) is 12.1 Å². The van der Waals surface area contributed by atoms with Gasteiger partial charge in [-0.2, -0.15) is 0 Å². The first-order valence-corrected chi connectivity index (χ1v) is 18.3. The Balaban J connectivity index is 0.000000181. The molecule has 0 fully saturated rings. The Morgan fingerprint density at radius 3 is 1.39 bits per heavy atom. The van der Waals surface area contributed by atoms with Gasteiger partial charge in [-0.3, -0.25) is 0 Å². The summed E-state index contributed by atoms with van der Waals surface area (Å²) < 4.78 is 12.7. The molecule has 2 heterocycles. The second-order valence-electron chi connectivity index (χ2n) is 15.7. The van der Waals surface area contributed by atoms with Crippen molar-refractivity contribution in [3.05, 3.63) is 69.8 Å². The highest BCUT2D eigenvalue weighted by molar-refractivity contribution is 5.55. The number of ether oxygens (including phenoxy) is 2. The van der Waals surface area contributed by atoms with Crippen molar-refractivity contribution < 1.29 is 19.7 Å². The standard InChI is InChI=1S/2C21H30O2/c2*1-5-6-7-8-15-12-18(22)20-16-11-14(2)9-10-17(16)21(3,4)23-19(20)13-15/h2*11-13,16-17,22H,5-10H2,1-4H3/t2*16-,17-/m11/s1. The molecule has 2 aromatic rings. The lowest BCUT2D eigenvalue weighted by molar-refractivity contribution is 0.0104. The molecular weight excluding hydrogens is 568 g/mol. The van der Waals surface area contributed by atoms with E-state index in [0.717, 1.165) is 61.2 Å². The van der Waals surface area contributed by atoms with Gasteiger partial charge in [-0.15, -0.1) is 0 Å². The quantitative estimate of drug-likeness (QED) is 0.226. The Kier molecular flexibility index (Phi) is 10.5. The zero-order valence-corrected chi connectivity index (χ0v) is 30.0. The third kappa shape index (κ3) is 7.32. The van der Waals surface area contributed by atoms with Gasteiger partial charge in [-0.05, 0) is 128 Å². The van der Waals surface area contributed by atoms with E-state index < -0.39 is 0 Å². The van der Waals surface area contributed by atoms with Gasteiger partial charge in [0.1, 0.15) is 34.2 Å². The minimum Gasteiger partial charge on any atom is -0.507 e. The Hall–Kier alpha value is -2.88. The number of rotatable bonds is 8. The molecule has 4 atom stereocenters. The molecule has 4 aliphatic rings. The van der Waals surface area contributed by atoms with Crippen LogP contribution >= 0.6 is 0 Å². The Labute approximate surface area is 279 Å². The van der Waals surface area contributed by atoms with Crippen LogP contribution in [0.2, 0.25) is 0 Å². The fourth-order valence-corrected chi connectivity index (χ4v) is 8.61.